The normalized spacial score (nSPS) is 11.4. The van der Waals surface area contributed by atoms with Gasteiger partial charge in [-0.05, 0) is 35.4 Å². The van der Waals surface area contributed by atoms with Gasteiger partial charge in [-0.15, -0.1) is 0 Å². The fourth-order valence-corrected chi connectivity index (χ4v) is 3.32. The number of aliphatic hydroxyl groups excluding tert-OH is 1. The van der Waals surface area contributed by atoms with Gasteiger partial charge in [-0.25, -0.2) is 0 Å². The Morgan fingerprint density at radius 2 is 1.18 bits per heavy atom. The maximum atomic E-state index is 10.3. The SMILES string of the molecule is OC(CNc1ccccc1)COc1ccc(OCc2ccccc2)c(OCc2ccccc2)c1. The van der Waals surface area contributed by atoms with Crippen molar-refractivity contribution in [2.24, 2.45) is 0 Å². The molecule has 1 atom stereocenters. The van der Waals surface area contributed by atoms with Gasteiger partial charge in [0.25, 0.3) is 0 Å². The predicted octanol–water partition coefficient (Wildman–Crippen LogP) is 5.70. The molecule has 0 bridgehead atoms. The Kier molecular flexibility index (Phi) is 8.41. The van der Waals surface area contributed by atoms with Crippen LogP contribution in [-0.4, -0.2) is 24.4 Å². The molecule has 2 N–H and O–H groups in total. The molecule has 0 aliphatic rings. The number of anilines is 1. The topological polar surface area (TPSA) is 60.0 Å². The number of ether oxygens (including phenoxy) is 3. The molecule has 0 heterocycles. The number of benzene rings is 4. The van der Waals surface area contributed by atoms with Crippen LogP contribution in [0.3, 0.4) is 0 Å². The molecule has 4 aromatic carbocycles. The number of aliphatic hydroxyl groups is 1. The average molecular weight is 456 g/mol. The van der Waals surface area contributed by atoms with Gasteiger partial charge in [0.15, 0.2) is 11.5 Å². The van der Waals surface area contributed by atoms with Crippen molar-refractivity contribution < 1.29 is 19.3 Å². The van der Waals surface area contributed by atoms with Crippen LogP contribution in [0.15, 0.2) is 109 Å². The molecule has 1 unspecified atom stereocenters. The van der Waals surface area contributed by atoms with Gasteiger partial charge in [0, 0.05) is 18.3 Å². The highest BCUT2D eigenvalue weighted by Crippen LogP contribution is 2.33. The summed E-state index contributed by atoms with van der Waals surface area (Å²) in [5, 5.41) is 13.5. The highest BCUT2D eigenvalue weighted by Gasteiger charge is 2.11. The molecular weight excluding hydrogens is 426 g/mol. The van der Waals surface area contributed by atoms with E-state index in [2.05, 4.69) is 5.32 Å². The van der Waals surface area contributed by atoms with E-state index in [0.717, 1.165) is 16.8 Å². The third kappa shape index (κ3) is 7.29. The molecule has 5 heteroatoms. The Bertz CT molecular complexity index is 1120. The zero-order valence-electron chi connectivity index (χ0n) is 19.0. The van der Waals surface area contributed by atoms with Gasteiger partial charge < -0.3 is 24.6 Å². The minimum Gasteiger partial charge on any atom is -0.491 e. The zero-order chi connectivity index (χ0) is 23.4. The van der Waals surface area contributed by atoms with Crippen molar-refractivity contribution in [2.45, 2.75) is 19.3 Å². The number of para-hydroxylation sites is 1. The number of nitrogens with one attached hydrogen (secondary N) is 1. The smallest absolute Gasteiger partial charge is 0.165 e. The fourth-order valence-electron chi connectivity index (χ4n) is 3.32. The summed E-state index contributed by atoms with van der Waals surface area (Å²) in [4.78, 5) is 0. The standard InChI is InChI=1S/C29H29NO4/c31-26(19-30-25-14-8-3-9-15-25)22-32-27-16-17-28(33-20-23-10-4-1-5-11-23)29(18-27)34-21-24-12-6-2-7-13-24/h1-18,26,30-31H,19-22H2. The van der Waals surface area contributed by atoms with Gasteiger partial charge in [0.2, 0.25) is 0 Å². The first-order valence-electron chi connectivity index (χ1n) is 11.3. The van der Waals surface area contributed by atoms with Crippen LogP contribution in [0.25, 0.3) is 0 Å². The van der Waals surface area contributed by atoms with Crippen LogP contribution in [-0.2, 0) is 13.2 Å². The van der Waals surface area contributed by atoms with Gasteiger partial charge in [-0.2, -0.15) is 0 Å². The molecule has 0 spiro atoms. The van der Waals surface area contributed by atoms with Gasteiger partial charge in [0.1, 0.15) is 31.7 Å². The highest BCUT2D eigenvalue weighted by atomic mass is 16.5. The van der Waals surface area contributed by atoms with E-state index in [1.54, 1.807) is 6.07 Å². The van der Waals surface area contributed by atoms with Crippen LogP contribution in [0.1, 0.15) is 11.1 Å². The van der Waals surface area contributed by atoms with Gasteiger partial charge in [-0.3, -0.25) is 0 Å². The summed E-state index contributed by atoms with van der Waals surface area (Å²) in [5.74, 6) is 1.83. The van der Waals surface area contributed by atoms with Crippen LogP contribution in [0, 0.1) is 0 Å². The van der Waals surface area contributed by atoms with Crippen molar-refractivity contribution in [1.82, 2.24) is 0 Å². The monoisotopic (exact) mass is 455 g/mol. The third-order valence-electron chi connectivity index (χ3n) is 5.15. The zero-order valence-corrected chi connectivity index (χ0v) is 19.0. The first-order valence-corrected chi connectivity index (χ1v) is 11.3. The summed E-state index contributed by atoms with van der Waals surface area (Å²) in [5.41, 5.74) is 3.09. The number of hydrogen-bond donors (Lipinski definition) is 2. The fraction of sp³-hybridized carbons (Fsp3) is 0.172. The van der Waals surface area contributed by atoms with Crippen molar-refractivity contribution in [1.29, 1.82) is 0 Å². The lowest BCUT2D eigenvalue weighted by Gasteiger charge is -2.17. The van der Waals surface area contributed by atoms with Crippen LogP contribution in [0.4, 0.5) is 5.69 Å². The van der Waals surface area contributed by atoms with E-state index < -0.39 is 6.10 Å². The third-order valence-corrected chi connectivity index (χ3v) is 5.15. The largest absolute Gasteiger partial charge is 0.491 e. The van der Waals surface area contributed by atoms with Crippen molar-refractivity contribution >= 4 is 5.69 Å². The van der Waals surface area contributed by atoms with Gasteiger partial charge in [0.05, 0.1) is 0 Å². The van der Waals surface area contributed by atoms with E-state index in [-0.39, 0.29) is 6.61 Å². The summed E-state index contributed by atoms with van der Waals surface area (Å²) in [6.07, 6.45) is -0.664. The van der Waals surface area contributed by atoms with E-state index in [0.29, 0.717) is 37.0 Å². The molecule has 4 aromatic rings. The van der Waals surface area contributed by atoms with Crippen molar-refractivity contribution in [3.05, 3.63) is 120 Å². The molecule has 0 fully saturated rings. The average Bonchev–Trinajstić information content (AvgIpc) is 2.90. The Morgan fingerprint density at radius 3 is 1.79 bits per heavy atom. The maximum Gasteiger partial charge on any atom is 0.165 e. The Balaban J connectivity index is 1.38. The van der Waals surface area contributed by atoms with E-state index in [1.165, 1.54) is 0 Å². The van der Waals surface area contributed by atoms with E-state index in [4.69, 9.17) is 14.2 Å². The lowest BCUT2D eigenvalue weighted by molar-refractivity contribution is 0.117. The molecule has 174 valence electrons. The maximum absolute atomic E-state index is 10.3. The Hall–Kier alpha value is -3.96. The van der Waals surface area contributed by atoms with E-state index >= 15 is 0 Å². The molecule has 0 aliphatic heterocycles. The lowest BCUT2D eigenvalue weighted by atomic mass is 10.2. The molecule has 0 radical (unpaired) electrons. The molecule has 0 aliphatic carbocycles. The lowest BCUT2D eigenvalue weighted by Crippen LogP contribution is -2.26. The summed E-state index contributed by atoms with van der Waals surface area (Å²) in [6, 6.07) is 35.2. The van der Waals surface area contributed by atoms with Crippen molar-refractivity contribution in [3.8, 4) is 17.2 Å². The highest BCUT2D eigenvalue weighted by molar-refractivity contribution is 5.46. The van der Waals surface area contributed by atoms with Crippen LogP contribution in [0.2, 0.25) is 0 Å². The molecule has 5 nitrogen and oxygen atoms in total. The minimum atomic E-state index is -0.664. The van der Waals surface area contributed by atoms with Crippen molar-refractivity contribution in [2.75, 3.05) is 18.5 Å². The molecular formula is C29H29NO4. The molecule has 0 aromatic heterocycles. The Morgan fingerprint density at radius 1 is 0.618 bits per heavy atom. The van der Waals surface area contributed by atoms with Gasteiger partial charge >= 0.3 is 0 Å². The molecule has 34 heavy (non-hydrogen) atoms. The Labute approximate surface area is 200 Å². The summed E-state index contributed by atoms with van der Waals surface area (Å²) >= 11 is 0. The first-order chi connectivity index (χ1) is 16.8. The molecule has 0 saturated carbocycles. The quantitative estimate of drug-likeness (QED) is 0.287. The summed E-state index contributed by atoms with van der Waals surface area (Å²) in [6.45, 7) is 1.39. The van der Waals surface area contributed by atoms with Crippen LogP contribution >= 0.6 is 0 Å². The molecule has 4 rings (SSSR count). The second kappa shape index (κ2) is 12.3. The van der Waals surface area contributed by atoms with Crippen LogP contribution < -0.4 is 19.5 Å². The van der Waals surface area contributed by atoms with E-state index in [9.17, 15) is 5.11 Å². The predicted molar refractivity (Wildman–Crippen MR) is 134 cm³/mol. The van der Waals surface area contributed by atoms with Gasteiger partial charge in [-0.1, -0.05) is 78.9 Å². The number of rotatable bonds is 12. The van der Waals surface area contributed by atoms with Crippen LogP contribution in [0.5, 0.6) is 17.2 Å². The molecule has 0 saturated heterocycles. The van der Waals surface area contributed by atoms with E-state index in [1.807, 2.05) is 103 Å². The minimum absolute atomic E-state index is 0.155. The summed E-state index contributed by atoms with van der Waals surface area (Å²) < 4.78 is 18.0. The second-order valence-electron chi connectivity index (χ2n) is 7.87. The summed E-state index contributed by atoms with van der Waals surface area (Å²) in [7, 11) is 0. The molecule has 0 amide bonds. The first kappa shape index (κ1) is 23.2. The second-order valence-corrected chi connectivity index (χ2v) is 7.87. The van der Waals surface area contributed by atoms with Crippen molar-refractivity contribution in [3.63, 3.8) is 0 Å². The number of hydrogen-bond acceptors (Lipinski definition) is 5.